The SMILES string of the molecule is CC#CCC(NCC)c1cc(C)c2ccccc2n1. The first kappa shape index (κ1) is 13.6. The number of para-hydroxylation sites is 1. The smallest absolute Gasteiger partial charge is 0.0708 e. The molecule has 0 spiro atoms. The molecule has 98 valence electrons. The maximum atomic E-state index is 4.78. The van der Waals surface area contributed by atoms with Crippen molar-refractivity contribution in [2.75, 3.05) is 6.54 Å². The van der Waals surface area contributed by atoms with E-state index < -0.39 is 0 Å². The van der Waals surface area contributed by atoms with Gasteiger partial charge < -0.3 is 5.32 Å². The second-order valence-electron chi connectivity index (χ2n) is 4.62. The van der Waals surface area contributed by atoms with Gasteiger partial charge in [0.1, 0.15) is 0 Å². The average molecular weight is 252 g/mol. The van der Waals surface area contributed by atoms with Gasteiger partial charge in [0.25, 0.3) is 0 Å². The van der Waals surface area contributed by atoms with Crippen LogP contribution in [0.25, 0.3) is 10.9 Å². The Morgan fingerprint density at radius 1 is 1.32 bits per heavy atom. The van der Waals surface area contributed by atoms with Crippen molar-refractivity contribution < 1.29 is 0 Å². The Bertz CT molecular complexity index is 620. The summed E-state index contributed by atoms with van der Waals surface area (Å²) in [6.07, 6.45) is 0.801. The summed E-state index contributed by atoms with van der Waals surface area (Å²) in [5, 5.41) is 4.69. The first-order valence-electron chi connectivity index (χ1n) is 6.75. The van der Waals surface area contributed by atoms with Crippen molar-refractivity contribution in [1.82, 2.24) is 10.3 Å². The van der Waals surface area contributed by atoms with Gasteiger partial charge in [0, 0.05) is 11.8 Å². The summed E-state index contributed by atoms with van der Waals surface area (Å²) in [6.45, 7) is 7.05. The fraction of sp³-hybridized carbons (Fsp3) is 0.353. The molecule has 0 amide bonds. The molecule has 1 heterocycles. The number of rotatable bonds is 4. The second-order valence-corrected chi connectivity index (χ2v) is 4.62. The van der Waals surface area contributed by atoms with E-state index in [0.717, 1.165) is 24.2 Å². The van der Waals surface area contributed by atoms with E-state index in [1.165, 1.54) is 10.9 Å². The number of aromatic nitrogens is 1. The van der Waals surface area contributed by atoms with Gasteiger partial charge in [-0.2, -0.15) is 0 Å². The fourth-order valence-electron chi connectivity index (χ4n) is 2.29. The molecule has 0 aliphatic rings. The van der Waals surface area contributed by atoms with Crippen LogP contribution in [-0.2, 0) is 0 Å². The van der Waals surface area contributed by atoms with Crippen LogP contribution >= 0.6 is 0 Å². The fourth-order valence-corrected chi connectivity index (χ4v) is 2.29. The van der Waals surface area contributed by atoms with Gasteiger partial charge in [-0.05, 0) is 38.1 Å². The van der Waals surface area contributed by atoms with Gasteiger partial charge in [-0.15, -0.1) is 11.8 Å². The number of benzene rings is 1. The summed E-state index contributed by atoms with van der Waals surface area (Å²) in [6, 6.07) is 10.7. The molecule has 1 N–H and O–H groups in total. The summed E-state index contributed by atoms with van der Waals surface area (Å²) in [4.78, 5) is 4.78. The molecule has 1 atom stereocenters. The first-order chi connectivity index (χ1) is 9.26. The third-order valence-electron chi connectivity index (χ3n) is 3.23. The van der Waals surface area contributed by atoms with Crippen molar-refractivity contribution in [2.45, 2.75) is 33.2 Å². The Labute approximate surface area is 115 Å². The number of fused-ring (bicyclic) bond motifs is 1. The number of nitrogens with zero attached hydrogens (tertiary/aromatic N) is 1. The van der Waals surface area contributed by atoms with Crippen LogP contribution in [0.2, 0.25) is 0 Å². The van der Waals surface area contributed by atoms with E-state index in [1.54, 1.807) is 0 Å². The van der Waals surface area contributed by atoms with E-state index in [0.29, 0.717) is 0 Å². The number of aryl methyl sites for hydroxylation is 1. The van der Waals surface area contributed by atoms with Gasteiger partial charge in [-0.3, -0.25) is 4.98 Å². The van der Waals surface area contributed by atoms with Crippen molar-refractivity contribution in [2.24, 2.45) is 0 Å². The normalized spacial score (nSPS) is 11.9. The van der Waals surface area contributed by atoms with Crippen LogP contribution in [-0.4, -0.2) is 11.5 Å². The summed E-state index contributed by atoms with van der Waals surface area (Å²) in [7, 11) is 0. The molecule has 1 aromatic heterocycles. The highest BCUT2D eigenvalue weighted by Crippen LogP contribution is 2.22. The number of pyridine rings is 1. The monoisotopic (exact) mass is 252 g/mol. The quantitative estimate of drug-likeness (QED) is 0.841. The molecule has 19 heavy (non-hydrogen) atoms. The number of nitrogens with one attached hydrogen (secondary N) is 1. The van der Waals surface area contributed by atoms with Gasteiger partial charge >= 0.3 is 0 Å². The van der Waals surface area contributed by atoms with Gasteiger partial charge in [-0.25, -0.2) is 0 Å². The largest absolute Gasteiger partial charge is 0.308 e. The highest BCUT2D eigenvalue weighted by molar-refractivity contribution is 5.82. The Morgan fingerprint density at radius 2 is 2.11 bits per heavy atom. The van der Waals surface area contributed by atoms with E-state index in [-0.39, 0.29) is 6.04 Å². The zero-order valence-electron chi connectivity index (χ0n) is 11.8. The molecule has 1 unspecified atom stereocenters. The van der Waals surface area contributed by atoms with Crippen LogP contribution in [0.3, 0.4) is 0 Å². The molecule has 0 aliphatic heterocycles. The molecule has 2 aromatic rings. The summed E-state index contributed by atoms with van der Waals surface area (Å²) in [5.74, 6) is 6.11. The Balaban J connectivity index is 2.43. The molecule has 2 rings (SSSR count). The Kier molecular flexibility index (Phi) is 4.54. The summed E-state index contributed by atoms with van der Waals surface area (Å²) >= 11 is 0. The average Bonchev–Trinajstić information content (AvgIpc) is 2.43. The van der Waals surface area contributed by atoms with Crippen molar-refractivity contribution in [3.63, 3.8) is 0 Å². The van der Waals surface area contributed by atoms with Gasteiger partial charge in [-0.1, -0.05) is 25.1 Å². The lowest BCUT2D eigenvalue weighted by Gasteiger charge is -2.16. The Hall–Kier alpha value is -1.85. The van der Waals surface area contributed by atoms with Gasteiger partial charge in [0.15, 0.2) is 0 Å². The molecule has 0 saturated carbocycles. The lowest BCUT2D eigenvalue weighted by atomic mass is 10.0. The van der Waals surface area contributed by atoms with Crippen LogP contribution in [0.15, 0.2) is 30.3 Å². The first-order valence-corrected chi connectivity index (χ1v) is 6.75. The van der Waals surface area contributed by atoms with E-state index in [1.807, 2.05) is 13.0 Å². The highest BCUT2D eigenvalue weighted by atomic mass is 14.9. The van der Waals surface area contributed by atoms with Crippen LogP contribution in [0.1, 0.15) is 37.6 Å². The van der Waals surface area contributed by atoms with Crippen LogP contribution < -0.4 is 5.32 Å². The van der Waals surface area contributed by atoms with Crippen LogP contribution in [0.5, 0.6) is 0 Å². The van der Waals surface area contributed by atoms with Crippen LogP contribution in [0, 0.1) is 18.8 Å². The molecule has 2 nitrogen and oxygen atoms in total. The van der Waals surface area contributed by atoms with Crippen LogP contribution in [0.4, 0.5) is 0 Å². The van der Waals surface area contributed by atoms with E-state index in [9.17, 15) is 0 Å². The maximum Gasteiger partial charge on any atom is 0.0708 e. The third kappa shape index (κ3) is 3.13. The van der Waals surface area contributed by atoms with Crippen molar-refractivity contribution in [3.8, 4) is 11.8 Å². The molecule has 0 saturated heterocycles. The molecule has 0 fully saturated rings. The Morgan fingerprint density at radius 3 is 2.84 bits per heavy atom. The highest BCUT2D eigenvalue weighted by Gasteiger charge is 2.12. The van der Waals surface area contributed by atoms with Crippen molar-refractivity contribution >= 4 is 10.9 Å². The zero-order valence-corrected chi connectivity index (χ0v) is 11.8. The molecule has 0 aliphatic carbocycles. The molecule has 2 heteroatoms. The molecule has 0 radical (unpaired) electrons. The number of hydrogen-bond acceptors (Lipinski definition) is 2. The number of hydrogen-bond donors (Lipinski definition) is 1. The third-order valence-corrected chi connectivity index (χ3v) is 3.23. The lowest BCUT2D eigenvalue weighted by molar-refractivity contribution is 0.553. The van der Waals surface area contributed by atoms with E-state index in [2.05, 4.69) is 55.3 Å². The standard InChI is InChI=1S/C17H20N2/c1-4-6-10-16(18-5-2)17-12-13(3)14-9-7-8-11-15(14)19-17/h7-9,11-12,16,18H,5,10H2,1-3H3. The zero-order chi connectivity index (χ0) is 13.7. The minimum Gasteiger partial charge on any atom is -0.308 e. The molecule has 1 aromatic carbocycles. The molecule has 0 bridgehead atoms. The minimum absolute atomic E-state index is 0.209. The van der Waals surface area contributed by atoms with Crippen molar-refractivity contribution in [3.05, 3.63) is 41.6 Å². The van der Waals surface area contributed by atoms with E-state index >= 15 is 0 Å². The predicted octanol–water partition coefficient (Wildman–Crippen LogP) is 3.61. The van der Waals surface area contributed by atoms with Gasteiger partial charge in [0.05, 0.1) is 17.3 Å². The summed E-state index contributed by atoms with van der Waals surface area (Å²) in [5.41, 5.74) is 3.42. The topological polar surface area (TPSA) is 24.9 Å². The minimum atomic E-state index is 0.209. The lowest BCUT2D eigenvalue weighted by Crippen LogP contribution is -2.21. The van der Waals surface area contributed by atoms with E-state index in [4.69, 9.17) is 4.98 Å². The van der Waals surface area contributed by atoms with Gasteiger partial charge in [0.2, 0.25) is 0 Å². The predicted molar refractivity (Wildman–Crippen MR) is 81.0 cm³/mol. The van der Waals surface area contributed by atoms with Crippen molar-refractivity contribution in [1.29, 1.82) is 0 Å². The maximum absolute atomic E-state index is 4.78. The summed E-state index contributed by atoms with van der Waals surface area (Å²) < 4.78 is 0. The molecular formula is C17H20N2. The second kappa shape index (κ2) is 6.36. The molecular weight excluding hydrogens is 232 g/mol.